The van der Waals surface area contributed by atoms with Gasteiger partial charge in [0.1, 0.15) is 18.2 Å². The highest BCUT2D eigenvalue weighted by atomic mass is 16.5. The zero-order valence-corrected chi connectivity index (χ0v) is 13.7. The third-order valence-corrected chi connectivity index (χ3v) is 3.41. The van der Waals surface area contributed by atoms with E-state index in [9.17, 15) is 4.79 Å². The van der Waals surface area contributed by atoms with Crippen molar-refractivity contribution in [3.05, 3.63) is 29.3 Å². The summed E-state index contributed by atoms with van der Waals surface area (Å²) < 4.78 is 11.0. The molecule has 6 heteroatoms. The predicted molar refractivity (Wildman–Crippen MR) is 87.5 cm³/mol. The molecule has 0 aliphatic carbocycles. The minimum atomic E-state index is -1.26. The topological polar surface area (TPSA) is 82.8 Å². The molecule has 0 atom stereocenters. The summed E-state index contributed by atoms with van der Waals surface area (Å²) in [7, 11) is 1.54. The Hall–Kier alpha value is -2.52. The number of nitriles is 1. The van der Waals surface area contributed by atoms with Gasteiger partial charge < -0.3 is 19.5 Å². The number of hydrogen-bond donors (Lipinski definition) is 1. The second-order valence-corrected chi connectivity index (χ2v) is 4.76. The minimum Gasteiger partial charge on any atom is -0.493 e. The number of nitrogens with zero attached hydrogens (tertiary/aromatic N) is 2. The van der Waals surface area contributed by atoms with Gasteiger partial charge in [0.05, 0.1) is 7.11 Å². The van der Waals surface area contributed by atoms with Crippen molar-refractivity contribution in [2.45, 2.75) is 13.8 Å². The summed E-state index contributed by atoms with van der Waals surface area (Å²) in [6.45, 7) is 7.35. The highest BCUT2D eigenvalue weighted by molar-refractivity contribution is 5.96. The molecule has 0 saturated carbocycles. The maximum absolute atomic E-state index is 10.9. The third-order valence-electron chi connectivity index (χ3n) is 3.41. The maximum atomic E-state index is 10.9. The van der Waals surface area contributed by atoms with E-state index in [2.05, 4.69) is 18.7 Å². The van der Waals surface area contributed by atoms with Gasteiger partial charge in [0.2, 0.25) is 0 Å². The molecule has 1 aromatic rings. The van der Waals surface area contributed by atoms with Gasteiger partial charge >= 0.3 is 5.97 Å². The Morgan fingerprint density at radius 2 is 2.04 bits per heavy atom. The predicted octanol–water partition coefficient (Wildman–Crippen LogP) is 2.41. The molecule has 0 unspecified atom stereocenters. The Morgan fingerprint density at radius 3 is 2.57 bits per heavy atom. The number of carbonyl (C=O) groups is 1. The number of benzene rings is 1. The van der Waals surface area contributed by atoms with Crippen LogP contribution in [0.5, 0.6) is 11.5 Å². The summed E-state index contributed by atoms with van der Waals surface area (Å²) in [6.07, 6.45) is 1.30. The second-order valence-electron chi connectivity index (χ2n) is 4.76. The maximum Gasteiger partial charge on any atom is 0.346 e. The van der Waals surface area contributed by atoms with E-state index in [0.717, 1.165) is 19.6 Å². The number of ether oxygens (including phenoxy) is 2. The molecular weight excluding hydrogens is 296 g/mol. The first-order chi connectivity index (χ1) is 11.0. The smallest absolute Gasteiger partial charge is 0.346 e. The molecule has 124 valence electrons. The average Bonchev–Trinajstić information content (AvgIpc) is 2.56. The monoisotopic (exact) mass is 318 g/mol. The summed E-state index contributed by atoms with van der Waals surface area (Å²) in [5.74, 6) is -0.168. The van der Waals surface area contributed by atoms with Gasteiger partial charge in [-0.3, -0.25) is 0 Å². The molecule has 0 aliphatic rings. The van der Waals surface area contributed by atoms with E-state index < -0.39 is 5.97 Å². The van der Waals surface area contributed by atoms with Gasteiger partial charge in [-0.15, -0.1) is 0 Å². The van der Waals surface area contributed by atoms with Crippen LogP contribution in [0.2, 0.25) is 0 Å². The molecule has 0 amide bonds. The van der Waals surface area contributed by atoms with Crippen molar-refractivity contribution in [3.63, 3.8) is 0 Å². The van der Waals surface area contributed by atoms with Crippen LogP contribution in [0, 0.1) is 11.3 Å². The Morgan fingerprint density at radius 1 is 1.35 bits per heavy atom. The number of carboxylic acid groups (broad SMARTS) is 1. The van der Waals surface area contributed by atoms with Gasteiger partial charge in [-0.1, -0.05) is 19.9 Å². The molecule has 6 nitrogen and oxygen atoms in total. The molecule has 23 heavy (non-hydrogen) atoms. The van der Waals surface area contributed by atoms with Crippen molar-refractivity contribution in [2.24, 2.45) is 0 Å². The van der Waals surface area contributed by atoms with Crippen LogP contribution in [0.3, 0.4) is 0 Å². The molecule has 0 spiro atoms. The molecule has 0 radical (unpaired) electrons. The summed E-state index contributed by atoms with van der Waals surface area (Å²) in [5.41, 5.74) is 0.242. The quantitative estimate of drug-likeness (QED) is 0.556. The zero-order valence-electron chi connectivity index (χ0n) is 13.7. The van der Waals surface area contributed by atoms with Crippen LogP contribution in [-0.4, -0.2) is 49.3 Å². The van der Waals surface area contributed by atoms with Gasteiger partial charge in [-0.25, -0.2) is 4.79 Å². The molecule has 0 saturated heterocycles. The number of aliphatic carboxylic acids is 1. The normalized spacial score (nSPS) is 11.2. The van der Waals surface area contributed by atoms with Crippen molar-refractivity contribution in [1.82, 2.24) is 4.90 Å². The van der Waals surface area contributed by atoms with Crippen LogP contribution >= 0.6 is 0 Å². The van der Waals surface area contributed by atoms with E-state index in [1.54, 1.807) is 31.4 Å². The van der Waals surface area contributed by atoms with Crippen LogP contribution < -0.4 is 9.47 Å². The summed E-state index contributed by atoms with van der Waals surface area (Å²) in [6, 6.07) is 6.69. The van der Waals surface area contributed by atoms with Gasteiger partial charge in [-0.05, 0) is 36.9 Å². The van der Waals surface area contributed by atoms with Crippen LogP contribution in [0.15, 0.2) is 23.8 Å². The number of hydrogen-bond acceptors (Lipinski definition) is 5. The van der Waals surface area contributed by atoms with E-state index in [-0.39, 0.29) is 5.57 Å². The standard InChI is InChI=1S/C17H22N2O4/c1-4-19(5-2)8-9-23-16-11-13(6-7-15(16)22-3)10-14(12-18)17(20)21/h6-7,10-11H,4-5,8-9H2,1-3H3,(H,20,21). The van der Waals surface area contributed by atoms with Gasteiger partial charge in [0, 0.05) is 6.54 Å². The Balaban J connectivity index is 2.91. The average molecular weight is 318 g/mol. The zero-order chi connectivity index (χ0) is 17.2. The van der Waals surface area contributed by atoms with Gasteiger partial charge in [-0.2, -0.15) is 5.26 Å². The first-order valence-corrected chi connectivity index (χ1v) is 7.43. The fourth-order valence-electron chi connectivity index (χ4n) is 2.03. The molecule has 0 bridgehead atoms. The molecule has 1 rings (SSSR count). The van der Waals surface area contributed by atoms with Gasteiger partial charge in [0.25, 0.3) is 0 Å². The van der Waals surface area contributed by atoms with Crippen molar-refractivity contribution in [3.8, 4) is 17.6 Å². The number of likely N-dealkylation sites (N-methyl/N-ethyl adjacent to an activating group) is 1. The van der Waals surface area contributed by atoms with Crippen LogP contribution in [-0.2, 0) is 4.79 Å². The largest absolute Gasteiger partial charge is 0.493 e. The third kappa shape index (κ3) is 5.64. The second kappa shape index (κ2) is 9.49. The van der Waals surface area contributed by atoms with Crippen LogP contribution in [0.25, 0.3) is 6.08 Å². The SMILES string of the molecule is CCN(CC)CCOc1cc(C=C(C#N)C(=O)O)ccc1OC. The number of methoxy groups -OCH3 is 1. The molecule has 0 aliphatic heterocycles. The first-order valence-electron chi connectivity index (χ1n) is 7.43. The molecule has 1 N–H and O–H groups in total. The molecule has 0 aromatic heterocycles. The van der Waals surface area contributed by atoms with Crippen molar-refractivity contribution in [1.29, 1.82) is 5.26 Å². The summed E-state index contributed by atoms with van der Waals surface area (Å²) in [4.78, 5) is 13.1. The van der Waals surface area contributed by atoms with Crippen molar-refractivity contribution in [2.75, 3.05) is 33.4 Å². The lowest BCUT2D eigenvalue weighted by atomic mass is 10.1. The van der Waals surface area contributed by atoms with E-state index in [0.29, 0.717) is 23.7 Å². The lowest BCUT2D eigenvalue weighted by Gasteiger charge is -2.18. The minimum absolute atomic E-state index is 0.329. The molecule has 1 aromatic carbocycles. The summed E-state index contributed by atoms with van der Waals surface area (Å²) in [5, 5.41) is 17.7. The van der Waals surface area contributed by atoms with E-state index >= 15 is 0 Å². The fourth-order valence-corrected chi connectivity index (χ4v) is 2.03. The van der Waals surface area contributed by atoms with Crippen molar-refractivity contribution >= 4 is 12.0 Å². The van der Waals surface area contributed by atoms with E-state index in [4.69, 9.17) is 19.8 Å². The number of rotatable bonds is 9. The number of carboxylic acids is 1. The highest BCUT2D eigenvalue weighted by Gasteiger charge is 2.09. The molecular formula is C17H22N2O4. The van der Waals surface area contributed by atoms with Crippen molar-refractivity contribution < 1.29 is 19.4 Å². The molecule has 0 fully saturated rings. The lowest BCUT2D eigenvalue weighted by molar-refractivity contribution is -0.132. The van der Waals surface area contributed by atoms with E-state index in [1.807, 2.05) is 0 Å². The van der Waals surface area contributed by atoms with Gasteiger partial charge in [0.15, 0.2) is 11.5 Å². The Bertz CT molecular complexity index is 601. The lowest BCUT2D eigenvalue weighted by Crippen LogP contribution is -2.27. The van der Waals surface area contributed by atoms with Crippen LogP contribution in [0.4, 0.5) is 0 Å². The first kappa shape index (κ1) is 18.5. The van der Waals surface area contributed by atoms with E-state index in [1.165, 1.54) is 6.08 Å². The summed E-state index contributed by atoms with van der Waals surface area (Å²) >= 11 is 0. The Labute approximate surface area is 136 Å². The Kier molecular flexibility index (Phi) is 7.64. The highest BCUT2D eigenvalue weighted by Crippen LogP contribution is 2.29. The fraction of sp³-hybridized carbons (Fsp3) is 0.412. The van der Waals surface area contributed by atoms with Crippen LogP contribution in [0.1, 0.15) is 19.4 Å². The molecule has 0 heterocycles.